The molecule has 0 aliphatic rings. The first-order chi connectivity index (χ1) is 6.20. The molecule has 0 atom stereocenters. The predicted molar refractivity (Wildman–Crippen MR) is 57.8 cm³/mol. The van der Waals surface area contributed by atoms with Crippen molar-refractivity contribution in [3.05, 3.63) is 34.7 Å². The minimum absolute atomic E-state index is 1.08. The first-order valence-electron chi connectivity index (χ1n) is 4.78. The van der Waals surface area contributed by atoms with Crippen molar-refractivity contribution < 1.29 is 0 Å². The Labute approximate surface area is 80.5 Å². The lowest BCUT2D eigenvalue weighted by atomic mass is 10.0. The molecule has 0 radical (unpaired) electrons. The molecular formula is C12H17N. The van der Waals surface area contributed by atoms with Crippen molar-refractivity contribution >= 4 is 6.08 Å². The maximum absolute atomic E-state index is 4.35. The molecular weight excluding hydrogens is 158 g/mol. The third-order valence-corrected chi connectivity index (χ3v) is 2.44. The van der Waals surface area contributed by atoms with E-state index in [1.807, 2.05) is 13.1 Å². The van der Waals surface area contributed by atoms with Crippen molar-refractivity contribution in [3.63, 3.8) is 0 Å². The summed E-state index contributed by atoms with van der Waals surface area (Å²) < 4.78 is 0. The molecule has 0 fully saturated rings. The molecule has 0 N–H and O–H groups in total. The highest BCUT2D eigenvalue weighted by Gasteiger charge is 2.04. The molecule has 1 aromatic heterocycles. The molecule has 0 unspecified atom stereocenters. The maximum atomic E-state index is 4.35. The second-order valence-electron chi connectivity index (χ2n) is 3.26. The number of hydrogen-bond acceptors (Lipinski definition) is 1. The van der Waals surface area contributed by atoms with Gasteiger partial charge in [-0.25, -0.2) is 0 Å². The summed E-state index contributed by atoms with van der Waals surface area (Å²) in [7, 11) is 0. The number of nitrogens with zero attached hydrogens (tertiary/aromatic N) is 1. The summed E-state index contributed by atoms with van der Waals surface area (Å²) >= 11 is 0. The molecule has 0 aliphatic carbocycles. The first kappa shape index (κ1) is 9.97. The number of hydrogen-bond donors (Lipinski definition) is 0. The zero-order valence-electron chi connectivity index (χ0n) is 8.89. The summed E-state index contributed by atoms with van der Waals surface area (Å²) in [6, 6.07) is 0. The van der Waals surface area contributed by atoms with Gasteiger partial charge in [-0.1, -0.05) is 19.1 Å². The van der Waals surface area contributed by atoms with E-state index < -0.39 is 0 Å². The second-order valence-corrected chi connectivity index (χ2v) is 3.26. The summed E-state index contributed by atoms with van der Waals surface area (Å²) in [6.07, 6.45) is 7.22. The van der Waals surface area contributed by atoms with Gasteiger partial charge in [0.25, 0.3) is 0 Å². The Morgan fingerprint density at radius 2 is 2.08 bits per heavy atom. The Balaban J connectivity index is 3.29. The highest BCUT2D eigenvalue weighted by atomic mass is 14.7. The van der Waals surface area contributed by atoms with E-state index in [0.717, 1.165) is 12.1 Å². The van der Waals surface area contributed by atoms with E-state index >= 15 is 0 Å². The van der Waals surface area contributed by atoms with Crippen LogP contribution in [0.1, 0.15) is 36.2 Å². The lowest BCUT2D eigenvalue weighted by Crippen LogP contribution is -1.97. The van der Waals surface area contributed by atoms with Crippen LogP contribution in [0.25, 0.3) is 6.08 Å². The SMILES string of the molecule is C/C=C\c1cnc(C)c(C)c1CC. The Hall–Kier alpha value is -1.11. The standard InChI is InChI=1S/C12H17N/c1-5-7-11-8-13-10(4)9(3)12(11)6-2/h5,7-8H,6H2,1-4H3/b7-5-. The summed E-state index contributed by atoms with van der Waals surface area (Å²) in [5.74, 6) is 0. The second kappa shape index (κ2) is 4.22. The molecule has 0 bridgehead atoms. The van der Waals surface area contributed by atoms with Crippen LogP contribution in [-0.4, -0.2) is 4.98 Å². The van der Waals surface area contributed by atoms with Crippen LogP contribution < -0.4 is 0 Å². The molecule has 13 heavy (non-hydrogen) atoms. The lowest BCUT2D eigenvalue weighted by Gasteiger charge is -2.09. The number of aromatic nitrogens is 1. The normalized spacial score (nSPS) is 11.1. The van der Waals surface area contributed by atoms with Crippen molar-refractivity contribution in [1.82, 2.24) is 4.98 Å². The lowest BCUT2D eigenvalue weighted by molar-refractivity contribution is 1.04. The molecule has 1 heterocycles. The van der Waals surface area contributed by atoms with Crippen LogP contribution in [0.3, 0.4) is 0 Å². The molecule has 1 aromatic rings. The molecule has 70 valence electrons. The van der Waals surface area contributed by atoms with E-state index in [2.05, 4.69) is 37.9 Å². The van der Waals surface area contributed by atoms with E-state index in [-0.39, 0.29) is 0 Å². The Kier molecular flexibility index (Phi) is 3.24. The van der Waals surface area contributed by atoms with Gasteiger partial charge < -0.3 is 0 Å². The summed E-state index contributed by atoms with van der Waals surface area (Å²) in [6.45, 7) is 8.44. The van der Waals surface area contributed by atoms with Crippen LogP contribution in [0.5, 0.6) is 0 Å². The van der Waals surface area contributed by atoms with Gasteiger partial charge in [-0.3, -0.25) is 4.98 Å². The third kappa shape index (κ3) is 1.97. The van der Waals surface area contributed by atoms with Crippen molar-refractivity contribution in [3.8, 4) is 0 Å². The molecule has 1 heteroatoms. The van der Waals surface area contributed by atoms with E-state index in [1.54, 1.807) is 0 Å². The van der Waals surface area contributed by atoms with Crippen LogP contribution in [-0.2, 0) is 6.42 Å². The Morgan fingerprint density at radius 1 is 1.38 bits per heavy atom. The minimum Gasteiger partial charge on any atom is -0.261 e. The van der Waals surface area contributed by atoms with Crippen molar-refractivity contribution in [2.75, 3.05) is 0 Å². The predicted octanol–water partition coefficient (Wildman–Crippen LogP) is 3.29. The number of aryl methyl sites for hydroxylation is 1. The number of rotatable bonds is 2. The van der Waals surface area contributed by atoms with Gasteiger partial charge in [0.05, 0.1) is 0 Å². The first-order valence-corrected chi connectivity index (χ1v) is 4.78. The van der Waals surface area contributed by atoms with Crippen LogP contribution in [0, 0.1) is 13.8 Å². The zero-order chi connectivity index (χ0) is 9.84. The van der Waals surface area contributed by atoms with Gasteiger partial charge in [-0.2, -0.15) is 0 Å². The van der Waals surface area contributed by atoms with E-state index in [0.29, 0.717) is 0 Å². The highest BCUT2D eigenvalue weighted by Crippen LogP contribution is 2.17. The monoisotopic (exact) mass is 175 g/mol. The van der Waals surface area contributed by atoms with Gasteiger partial charge in [0.15, 0.2) is 0 Å². The fourth-order valence-corrected chi connectivity index (χ4v) is 1.57. The zero-order valence-corrected chi connectivity index (χ0v) is 8.89. The van der Waals surface area contributed by atoms with Gasteiger partial charge in [0.2, 0.25) is 0 Å². The van der Waals surface area contributed by atoms with Gasteiger partial charge in [-0.05, 0) is 43.9 Å². The number of pyridine rings is 1. The minimum atomic E-state index is 1.08. The molecule has 1 rings (SSSR count). The molecule has 0 aromatic carbocycles. The van der Waals surface area contributed by atoms with Crippen molar-refractivity contribution in [2.45, 2.75) is 34.1 Å². The number of allylic oxidation sites excluding steroid dienone is 1. The van der Waals surface area contributed by atoms with Crippen LogP contribution in [0.2, 0.25) is 0 Å². The van der Waals surface area contributed by atoms with E-state index in [4.69, 9.17) is 0 Å². The Morgan fingerprint density at radius 3 is 2.62 bits per heavy atom. The molecule has 0 saturated carbocycles. The average Bonchev–Trinajstić information content (AvgIpc) is 2.12. The largest absolute Gasteiger partial charge is 0.261 e. The van der Waals surface area contributed by atoms with Crippen molar-refractivity contribution in [1.29, 1.82) is 0 Å². The topological polar surface area (TPSA) is 12.9 Å². The van der Waals surface area contributed by atoms with Crippen molar-refractivity contribution in [2.24, 2.45) is 0 Å². The fraction of sp³-hybridized carbons (Fsp3) is 0.417. The fourth-order valence-electron chi connectivity index (χ4n) is 1.57. The highest BCUT2D eigenvalue weighted by molar-refractivity contribution is 5.55. The molecule has 0 amide bonds. The van der Waals surface area contributed by atoms with E-state index in [9.17, 15) is 0 Å². The quantitative estimate of drug-likeness (QED) is 0.672. The average molecular weight is 175 g/mol. The molecule has 0 saturated heterocycles. The maximum Gasteiger partial charge on any atom is 0.0404 e. The van der Waals surface area contributed by atoms with Gasteiger partial charge in [0, 0.05) is 11.9 Å². The molecule has 0 aliphatic heterocycles. The third-order valence-electron chi connectivity index (χ3n) is 2.44. The van der Waals surface area contributed by atoms with Gasteiger partial charge in [-0.15, -0.1) is 0 Å². The molecule has 1 nitrogen and oxygen atoms in total. The van der Waals surface area contributed by atoms with Crippen LogP contribution in [0.4, 0.5) is 0 Å². The molecule has 0 spiro atoms. The van der Waals surface area contributed by atoms with E-state index in [1.165, 1.54) is 16.7 Å². The summed E-state index contributed by atoms with van der Waals surface area (Å²) in [5, 5.41) is 0. The van der Waals surface area contributed by atoms with Gasteiger partial charge >= 0.3 is 0 Å². The Bertz CT molecular complexity index is 324. The summed E-state index contributed by atoms with van der Waals surface area (Å²) in [5.41, 5.74) is 5.15. The van der Waals surface area contributed by atoms with Crippen LogP contribution in [0.15, 0.2) is 12.3 Å². The van der Waals surface area contributed by atoms with Gasteiger partial charge in [0.1, 0.15) is 0 Å². The summed E-state index contributed by atoms with van der Waals surface area (Å²) in [4.78, 5) is 4.35. The van der Waals surface area contributed by atoms with Crippen LogP contribution >= 0.6 is 0 Å². The smallest absolute Gasteiger partial charge is 0.0404 e.